The summed E-state index contributed by atoms with van der Waals surface area (Å²) in [6.07, 6.45) is 5.76. The first-order valence-electron chi connectivity index (χ1n) is 8.83. The molecule has 3 heterocycles. The van der Waals surface area contributed by atoms with Gasteiger partial charge < -0.3 is 25.0 Å². The Kier molecular flexibility index (Phi) is 5.53. The normalized spacial score (nSPS) is 23.7. The lowest BCUT2D eigenvalue weighted by atomic mass is 9.88. The monoisotopic (exact) mass is 335 g/mol. The summed E-state index contributed by atoms with van der Waals surface area (Å²) in [7, 11) is 4.27. The van der Waals surface area contributed by atoms with Gasteiger partial charge in [0.2, 0.25) is 0 Å². The molecule has 7 heteroatoms. The van der Waals surface area contributed by atoms with Crippen LogP contribution in [0.1, 0.15) is 25.7 Å². The summed E-state index contributed by atoms with van der Waals surface area (Å²) in [4.78, 5) is 13.3. The van der Waals surface area contributed by atoms with Gasteiger partial charge in [0, 0.05) is 37.9 Å². The molecule has 1 aromatic rings. The highest BCUT2D eigenvalue weighted by Gasteiger charge is 2.34. The number of aliphatic hydroxyl groups excluding tert-OH is 1. The molecule has 7 nitrogen and oxygen atoms in total. The molecular weight excluding hydrogens is 306 g/mol. The molecule has 0 bridgehead atoms. The number of aliphatic hydroxyl groups is 1. The van der Waals surface area contributed by atoms with Gasteiger partial charge in [-0.1, -0.05) is 0 Å². The minimum Gasteiger partial charge on any atom is -0.394 e. The Bertz CT molecular complexity index is 533. The lowest BCUT2D eigenvalue weighted by molar-refractivity contribution is -0.000665. The third-order valence-corrected chi connectivity index (χ3v) is 5.51. The zero-order valence-corrected chi connectivity index (χ0v) is 14.7. The van der Waals surface area contributed by atoms with E-state index in [-0.39, 0.29) is 18.2 Å². The molecule has 2 saturated heterocycles. The maximum Gasteiger partial charge on any atom is 0.134 e. The second kappa shape index (κ2) is 7.63. The predicted octanol–water partition coefficient (Wildman–Crippen LogP) is 0.960. The van der Waals surface area contributed by atoms with Crippen LogP contribution in [0.5, 0.6) is 0 Å². The van der Waals surface area contributed by atoms with Gasteiger partial charge in [0.05, 0.1) is 12.6 Å². The maximum atomic E-state index is 9.52. The minimum absolute atomic E-state index is 0.102. The zero-order valence-electron chi connectivity index (χ0n) is 14.7. The molecule has 1 atom stereocenters. The van der Waals surface area contributed by atoms with Crippen molar-refractivity contribution in [3.63, 3.8) is 0 Å². The molecular formula is C17H29N5O2. The Morgan fingerprint density at radius 2 is 2.17 bits per heavy atom. The van der Waals surface area contributed by atoms with E-state index < -0.39 is 0 Å². The molecule has 3 rings (SSSR count). The largest absolute Gasteiger partial charge is 0.394 e. The molecule has 134 valence electrons. The van der Waals surface area contributed by atoms with E-state index in [2.05, 4.69) is 39.2 Å². The van der Waals surface area contributed by atoms with Crippen LogP contribution in [0.2, 0.25) is 0 Å². The number of hydrogen-bond donors (Lipinski definition) is 2. The van der Waals surface area contributed by atoms with Crippen LogP contribution in [-0.4, -0.2) is 78.6 Å². The van der Waals surface area contributed by atoms with E-state index in [1.54, 1.807) is 6.33 Å². The van der Waals surface area contributed by atoms with Crippen molar-refractivity contribution in [3.05, 3.63) is 12.4 Å². The van der Waals surface area contributed by atoms with Crippen LogP contribution < -0.4 is 10.2 Å². The van der Waals surface area contributed by atoms with Crippen LogP contribution in [-0.2, 0) is 4.74 Å². The van der Waals surface area contributed by atoms with Crippen molar-refractivity contribution >= 4 is 11.6 Å². The topological polar surface area (TPSA) is 73.8 Å². The van der Waals surface area contributed by atoms with Crippen molar-refractivity contribution in [2.24, 2.45) is 0 Å². The van der Waals surface area contributed by atoms with Crippen molar-refractivity contribution in [2.45, 2.75) is 37.3 Å². The molecule has 2 aliphatic rings. The third-order valence-electron chi connectivity index (χ3n) is 5.51. The third kappa shape index (κ3) is 3.63. The van der Waals surface area contributed by atoms with Crippen LogP contribution in [0.15, 0.2) is 12.4 Å². The Morgan fingerprint density at radius 1 is 1.38 bits per heavy atom. The van der Waals surface area contributed by atoms with E-state index in [1.165, 1.54) is 0 Å². The van der Waals surface area contributed by atoms with Crippen LogP contribution in [0.3, 0.4) is 0 Å². The summed E-state index contributed by atoms with van der Waals surface area (Å²) in [5.74, 6) is 1.74. The molecule has 1 unspecified atom stereocenters. The Hall–Kier alpha value is -1.44. The first-order valence-corrected chi connectivity index (χ1v) is 8.83. The molecule has 1 aromatic heterocycles. The van der Waals surface area contributed by atoms with Crippen molar-refractivity contribution in [1.82, 2.24) is 14.9 Å². The Labute approximate surface area is 144 Å². The van der Waals surface area contributed by atoms with Gasteiger partial charge in [-0.2, -0.15) is 0 Å². The van der Waals surface area contributed by atoms with Gasteiger partial charge in [0.15, 0.2) is 0 Å². The Balaban J connectivity index is 1.68. The van der Waals surface area contributed by atoms with Crippen LogP contribution >= 0.6 is 0 Å². The lowest BCUT2D eigenvalue weighted by Crippen LogP contribution is -2.53. The molecule has 0 aromatic carbocycles. The Morgan fingerprint density at radius 3 is 2.88 bits per heavy atom. The molecule has 2 fully saturated rings. The van der Waals surface area contributed by atoms with Crippen LogP contribution in [0.25, 0.3) is 0 Å². The van der Waals surface area contributed by atoms with Gasteiger partial charge in [-0.25, -0.2) is 9.97 Å². The molecule has 0 spiro atoms. The maximum absolute atomic E-state index is 9.52. The number of nitrogens with zero attached hydrogens (tertiary/aromatic N) is 4. The average Bonchev–Trinajstić information content (AvgIpc) is 3.10. The molecule has 24 heavy (non-hydrogen) atoms. The number of aromatic nitrogens is 2. The molecule has 0 amide bonds. The summed E-state index contributed by atoms with van der Waals surface area (Å²) >= 11 is 0. The van der Waals surface area contributed by atoms with Gasteiger partial charge in [0.1, 0.15) is 18.0 Å². The number of anilines is 2. The number of ether oxygens (including phenoxy) is 1. The highest BCUT2D eigenvalue weighted by molar-refractivity contribution is 5.50. The molecule has 0 radical (unpaired) electrons. The number of nitrogens with one attached hydrogen (secondary N) is 1. The van der Waals surface area contributed by atoms with E-state index in [1.807, 2.05) is 6.07 Å². The summed E-state index contributed by atoms with van der Waals surface area (Å²) in [6, 6.07) is 2.17. The first kappa shape index (κ1) is 17.4. The van der Waals surface area contributed by atoms with Gasteiger partial charge in [-0.15, -0.1) is 0 Å². The molecule has 2 aliphatic heterocycles. The number of likely N-dealkylation sites (N-methyl/N-ethyl adjacent to an activating group) is 1. The minimum atomic E-state index is 0.102. The van der Waals surface area contributed by atoms with Gasteiger partial charge >= 0.3 is 0 Å². The van der Waals surface area contributed by atoms with Crippen LogP contribution in [0.4, 0.5) is 11.6 Å². The van der Waals surface area contributed by atoms with Crippen molar-refractivity contribution < 1.29 is 9.84 Å². The first-order chi connectivity index (χ1) is 11.6. The SMILES string of the molecule is CN(C)C1(CNc2cc(N3CCCC3CO)ncn2)CCOCC1. The summed E-state index contributed by atoms with van der Waals surface area (Å²) < 4.78 is 5.53. The standard InChI is InChI=1S/C17H29N5O2/c1-21(2)17(5-8-24-9-6-17)12-18-15-10-16(20-13-19-15)22-7-3-4-14(22)11-23/h10,13-14,23H,3-9,11-12H2,1-2H3,(H,18,19,20). The lowest BCUT2D eigenvalue weighted by Gasteiger charge is -2.43. The van der Waals surface area contributed by atoms with Crippen molar-refractivity contribution in [2.75, 3.05) is 57.2 Å². The van der Waals surface area contributed by atoms with Gasteiger partial charge in [0.25, 0.3) is 0 Å². The summed E-state index contributed by atoms with van der Waals surface area (Å²) in [5.41, 5.74) is 0.102. The van der Waals surface area contributed by atoms with E-state index in [4.69, 9.17) is 4.74 Å². The summed E-state index contributed by atoms with van der Waals surface area (Å²) in [5, 5.41) is 13.0. The fourth-order valence-corrected chi connectivity index (χ4v) is 3.72. The quantitative estimate of drug-likeness (QED) is 0.802. The highest BCUT2D eigenvalue weighted by Crippen LogP contribution is 2.28. The zero-order chi connectivity index (χ0) is 17.0. The van der Waals surface area contributed by atoms with Crippen molar-refractivity contribution in [3.8, 4) is 0 Å². The van der Waals surface area contributed by atoms with E-state index in [9.17, 15) is 5.11 Å². The average molecular weight is 335 g/mol. The fraction of sp³-hybridized carbons (Fsp3) is 0.765. The molecule has 0 aliphatic carbocycles. The molecule has 2 N–H and O–H groups in total. The second-order valence-electron chi connectivity index (χ2n) is 7.02. The van der Waals surface area contributed by atoms with Crippen LogP contribution in [0, 0.1) is 0 Å². The van der Waals surface area contributed by atoms with E-state index in [0.717, 1.165) is 63.6 Å². The highest BCUT2D eigenvalue weighted by atomic mass is 16.5. The predicted molar refractivity (Wildman–Crippen MR) is 94.4 cm³/mol. The van der Waals surface area contributed by atoms with E-state index in [0.29, 0.717) is 0 Å². The molecule has 0 saturated carbocycles. The van der Waals surface area contributed by atoms with E-state index >= 15 is 0 Å². The number of hydrogen-bond acceptors (Lipinski definition) is 7. The van der Waals surface area contributed by atoms with Crippen molar-refractivity contribution in [1.29, 1.82) is 0 Å². The number of rotatable bonds is 6. The fourth-order valence-electron chi connectivity index (χ4n) is 3.72. The summed E-state index contributed by atoms with van der Waals surface area (Å²) in [6.45, 7) is 3.57. The second-order valence-corrected chi connectivity index (χ2v) is 7.02. The van der Waals surface area contributed by atoms with Gasteiger partial charge in [-0.3, -0.25) is 0 Å². The smallest absolute Gasteiger partial charge is 0.134 e. The van der Waals surface area contributed by atoms with Gasteiger partial charge in [-0.05, 0) is 39.8 Å².